The standard InChI is InChI=1S/C19H31N5O3/c25-9-4-20-19-21-17(15-3-10-27-14-15)13-18(22-19)24-5-1-16(2-6-24)23-7-11-26-12-8-23/h13,15-16,25H,1-12,14H2,(H,20,21,22)/t15-/m0/s1. The van der Waals surface area contributed by atoms with Crippen molar-refractivity contribution in [2.75, 3.05) is 76.0 Å². The summed E-state index contributed by atoms with van der Waals surface area (Å²) in [4.78, 5) is 14.4. The number of aliphatic hydroxyl groups excluding tert-OH is 1. The normalized spacial score (nSPS) is 25.1. The number of anilines is 2. The average molecular weight is 377 g/mol. The molecule has 150 valence electrons. The Bertz CT molecular complexity index is 597. The van der Waals surface area contributed by atoms with Gasteiger partial charge in [-0.05, 0) is 19.3 Å². The van der Waals surface area contributed by atoms with Gasteiger partial charge in [0.1, 0.15) is 5.82 Å². The first kappa shape index (κ1) is 18.9. The summed E-state index contributed by atoms with van der Waals surface area (Å²) in [6.07, 6.45) is 3.32. The Kier molecular flexibility index (Phi) is 6.39. The summed E-state index contributed by atoms with van der Waals surface area (Å²) in [6.45, 7) is 7.92. The Morgan fingerprint density at radius 3 is 2.56 bits per heavy atom. The first-order chi connectivity index (χ1) is 13.3. The molecule has 0 bridgehead atoms. The Labute approximate surface area is 160 Å². The first-order valence-corrected chi connectivity index (χ1v) is 10.2. The molecule has 27 heavy (non-hydrogen) atoms. The molecule has 1 atom stereocenters. The SMILES string of the molecule is OCCNc1nc([C@H]2CCOC2)cc(N2CCC(N3CCOCC3)CC2)n1. The molecule has 1 aromatic rings. The molecule has 0 radical (unpaired) electrons. The number of piperidine rings is 1. The Balaban J connectivity index is 1.44. The molecule has 0 aromatic carbocycles. The largest absolute Gasteiger partial charge is 0.395 e. The lowest BCUT2D eigenvalue weighted by Crippen LogP contribution is -2.49. The number of hydrogen-bond donors (Lipinski definition) is 2. The molecule has 3 saturated heterocycles. The molecule has 2 N–H and O–H groups in total. The monoisotopic (exact) mass is 377 g/mol. The fourth-order valence-electron chi connectivity index (χ4n) is 4.24. The number of nitrogens with zero attached hydrogens (tertiary/aromatic N) is 4. The second-order valence-corrected chi connectivity index (χ2v) is 7.55. The number of aliphatic hydroxyl groups is 1. The fraction of sp³-hybridized carbons (Fsp3) is 0.789. The van der Waals surface area contributed by atoms with Gasteiger partial charge in [0.2, 0.25) is 5.95 Å². The van der Waals surface area contributed by atoms with E-state index in [-0.39, 0.29) is 6.61 Å². The lowest BCUT2D eigenvalue weighted by molar-refractivity contribution is 0.0115. The highest BCUT2D eigenvalue weighted by Crippen LogP contribution is 2.29. The van der Waals surface area contributed by atoms with Crippen LogP contribution in [0.2, 0.25) is 0 Å². The smallest absolute Gasteiger partial charge is 0.224 e. The summed E-state index contributed by atoms with van der Waals surface area (Å²) in [5.74, 6) is 1.94. The van der Waals surface area contributed by atoms with Gasteiger partial charge in [0.15, 0.2) is 0 Å². The zero-order chi connectivity index (χ0) is 18.5. The van der Waals surface area contributed by atoms with Gasteiger partial charge in [-0.2, -0.15) is 4.98 Å². The van der Waals surface area contributed by atoms with Crippen LogP contribution in [0.1, 0.15) is 30.9 Å². The minimum Gasteiger partial charge on any atom is -0.395 e. The number of morpholine rings is 1. The first-order valence-electron chi connectivity index (χ1n) is 10.2. The zero-order valence-electron chi connectivity index (χ0n) is 16.0. The van der Waals surface area contributed by atoms with E-state index in [1.165, 1.54) is 0 Å². The number of nitrogens with one attached hydrogen (secondary N) is 1. The van der Waals surface area contributed by atoms with Crippen LogP contribution in [0.5, 0.6) is 0 Å². The van der Waals surface area contributed by atoms with Crippen LogP contribution in [-0.2, 0) is 9.47 Å². The van der Waals surface area contributed by atoms with E-state index in [1.54, 1.807) is 0 Å². The Morgan fingerprint density at radius 2 is 1.85 bits per heavy atom. The van der Waals surface area contributed by atoms with Gasteiger partial charge in [-0.15, -0.1) is 0 Å². The molecule has 0 spiro atoms. The van der Waals surface area contributed by atoms with Gasteiger partial charge in [0.05, 0.1) is 32.1 Å². The second-order valence-electron chi connectivity index (χ2n) is 7.55. The molecule has 4 heterocycles. The van der Waals surface area contributed by atoms with Gasteiger partial charge in [-0.25, -0.2) is 4.98 Å². The third-order valence-corrected chi connectivity index (χ3v) is 5.83. The fourth-order valence-corrected chi connectivity index (χ4v) is 4.24. The van der Waals surface area contributed by atoms with Crippen molar-refractivity contribution >= 4 is 11.8 Å². The molecule has 0 saturated carbocycles. The highest BCUT2D eigenvalue weighted by Gasteiger charge is 2.28. The third-order valence-electron chi connectivity index (χ3n) is 5.83. The maximum Gasteiger partial charge on any atom is 0.224 e. The van der Waals surface area contributed by atoms with E-state index in [2.05, 4.69) is 26.2 Å². The highest BCUT2D eigenvalue weighted by atomic mass is 16.5. The summed E-state index contributed by atoms with van der Waals surface area (Å²) in [7, 11) is 0. The molecule has 3 fully saturated rings. The van der Waals surface area contributed by atoms with E-state index >= 15 is 0 Å². The summed E-state index contributed by atoms with van der Waals surface area (Å²) in [5, 5.41) is 12.3. The van der Waals surface area contributed by atoms with Crippen molar-refractivity contribution in [3.63, 3.8) is 0 Å². The highest BCUT2D eigenvalue weighted by molar-refractivity contribution is 5.46. The molecule has 3 aliphatic heterocycles. The van der Waals surface area contributed by atoms with Gasteiger partial charge in [-0.1, -0.05) is 0 Å². The van der Waals surface area contributed by atoms with Crippen molar-refractivity contribution in [3.8, 4) is 0 Å². The van der Waals surface area contributed by atoms with Gasteiger partial charge in [0.25, 0.3) is 0 Å². The lowest BCUT2D eigenvalue weighted by atomic mass is 10.0. The quantitative estimate of drug-likeness (QED) is 0.749. The van der Waals surface area contributed by atoms with E-state index in [4.69, 9.17) is 19.6 Å². The summed E-state index contributed by atoms with van der Waals surface area (Å²) in [5.41, 5.74) is 1.05. The third kappa shape index (κ3) is 4.68. The Hall–Kier alpha value is -1.48. The molecule has 8 nitrogen and oxygen atoms in total. The molecule has 3 aliphatic rings. The van der Waals surface area contributed by atoms with Gasteiger partial charge < -0.3 is 24.8 Å². The predicted molar refractivity (Wildman–Crippen MR) is 103 cm³/mol. The van der Waals surface area contributed by atoms with Crippen LogP contribution in [0.25, 0.3) is 0 Å². The van der Waals surface area contributed by atoms with E-state index in [0.29, 0.717) is 24.5 Å². The van der Waals surface area contributed by atoms with Gasteiger partial charge in [0, 0.05) is 57.4 Å². The van der Waals surface area contributed by atoms with E-state index in [9.17, 15) is 0 Å². The summed E-state index contributed by atoms with van der Waals surface area (Å²) in [6, 6.07) is 2.79. The van der Waals surface area contributed by atoms with E-state index in [0.717, 1.165) is 83.4 Å². The molecule has 0 amide bonds. The summed E-state index contributed by atoms with van der Waals surface area (Å²) < 4.78 is 11.0. The van der Waals surface area contributed by atoms with Crippen LogP contribution in [0.3, 0.4) is 0 Å². The van der Waals surface area contributed by atoms with Crippen molar-refractivity contribution in [1.82, 2.24) is 14.9 Å². The van der Waals surface area contributed by atoms with Crippen LogP contribution in [0.4, 0.5) is 11.8 Å². The van der Waals surface area contributed by atoms with Crippen molar-refractivity contribution < 1.29 is 14.6 Å². The van der Waals surface area contributed by atoms with Crippen molar-refractivity contribution in [3.05, 3.63) is 11.8 Å². The van der Waals surface area contributed by atoms with Crippen LogP contribution in [-0.4, -0.2) is 91.8 Å². The van der Waals surface area contributed by atoms with Gasteiger partial charge >= 0.3 is 0 Å². The zero-order valence-corrected chi connectivity index (χ0v) is 16.0. The molecular weight excluding hydrogens is 346 g/mol. The average Bonchev–Trinajstić information content (AvgIpc) is 3.28. The number of aromatic nitrogens is 2. The second kappa shape index (κ2) is 9.14. The van der Waals surface area contributed by atoms with Crippen molar-refractivity contribution in [2.24, 2.45) is 0 Å². The van der Waals surface area contributed by atoms with Crippen LogP contribution in [0, 0.1) is 0 Å². The maximum atomic E-state index is 9.12. The van der Waals surface area contributed by atoms with E-state index < -0.39 is 0 Å². The maximum absolute atomic E-state index is 9.12. The summed E-state index contributed by atoms with van der Waals surface area (Å²) >= 11 is 0. The molecule has 4 rings (SSSR count). The number of hydrogen-bond acceptors (Lipinski definition) is 8. The lowest BCUT2D eigenvalue weighted by Gasteiger charge is -2.40. The van der Waals surface area contributed by atoms with Crippen molar-refractivity contribution in [1.29, 1.82) is 0 Å². The van der Waals surface area contributed by atoms with Crippen molar-refractivity contribution in [2.45, 2.75) is 31.2 Å². The Morgan fingerprint density at radius 1 is 1.04 bits per heavy atom. The predicted octanol–water partition coefficient (Wildman–Crippen LogP) is 0.686. The molecule has 0 aliphatic carbocycles. The molecule has 1 aromatic heterocycles. The van der Waals surface area contributed by atoms with Gasteiger partial charge in [-0.3, -0.25) is 4.90 Å². The molecule has 8 heteroatoms. The van der Waals surface area contributed by atoms with Crippen LogP contribution < -0.4 is 10.2 Å². The topological polar surface area (TPSA) is 83.0 Å². The van der Waals surface area contributed by atoms with Crippen LogP contribution >= 0.6 is 0 Å². The molecule has 0 unspecified atom stereocenters. The van der Waals surface area contributed by atoms with Crippen LogP contribution in [0.15, 0.2) is 6.07 Å². The number of rotatable bonds is 6. The minimum atomic E-state index is 0.0698. The molecular formula is C19H31N5O3. The van der Waals surface area contributed by atoms with E-state index in [1.807, 2.05) is 0 Å². The minimum absolute atomic E-state index is 0.0698. The number of ether oxygens (including phenoxy) is 2.